The van der Waals surface area contributed by atoms with Crippen molar-refractivity contribution >= 4 is 5.78 Å². The smallest absolute Gasteiger partial charge is 0.181 e. The second-order valence-corrected chi connectivity index (χ2v) is 9.65. The van der Waals surface area contributed by atoms with Crippen LogP contribution in [0.25, 0.3) is 0 Å². The molecule has 4 nitrogen and oxygen atoms in total. The third-order valence-corrected chi connectivity index (χ3v) is 9.10. The first-order valence-electron chi connectivity index (χ1n) is 9.67. The highest BCUT2D eigenvalue weighted by molar-refractivity contribution is 5.92. The molecule has 9 atom stereocenters. The van der Waals surface area contributed by atoms with E-state index >= 15 is 0 Å². The van der Waals surface area contributed by atoms with E-state index in [1.165, 1.54) is 0 Å². The lowest BCUT2D eigenvalue weighted by molar-refractivity contribution is -0.138. The number of fused-ring (bicyclic) bond motifs is 4. The molecule has 5 aliphatic rings. The highest BCUT2D eigenvalue weighted by atomic mass is 16.6. The Morgan fingerprint density at radius 2 is 1.96 bits per heavy atom. The maximum absolute atomic E-state index is 12.4. The zero-order valence-corrected chi connectivity index (χ0v) is 14.6. The summed E-state index contributed by atoms with van der Waals surface area (Å²) in [5, 5.41) is 20.0. The highest BCUT2D eigenvalue weighted by Crippen LogP contribution is 2.72. The normalized spacial score (nSPS) is 61.2. The van der Waals surface area contributed by atoms with Crippen LogP contribution < -0.4 is 0 Å². The Bertz CT molecular complexity index is 656. The molecule has 0 bridgehead atoms. The molecule has 4 saturated carbocycles. The number of hydrogen-bond donors (Lipinski definition) is 1. The number of ketones is 1. The van der Waals surface area contributed by atoms with Crippen LogP contribution in [0.3, 0.4) is 0 Å². The van der Waals surface area contributed by atoms with Gasteiger partial charge in [-0.15, -0.1) is 0 Å². The molecule has 0 amide bonds. The van der Waals surface area contributed by atoms with Crippen LogP contribution in [0.2, 0.25) is 0 Å². The van der Waals surface area contributed by atoms with Crippen molar-refractivity contribution in [1.29, 1.82) is 5.26 Å². The van der Waals surface area contributed by atoms with E-state index in [0.29, 0.717) is 24.2 Å². The van der Waals surface area contributed by atoms with Crippen LogP contribution in [0, 0.1) is 45.8 Å². The molecular weight excluding hydrogens is 302 g/mol. The second kappa shape index (κ2) is 4.43. The van der Waals surface area contributed by atoms with Gasteiger partial charge in [-0.05, 0) is 68.1 Å². The Morgan fingerprint density at radius 1 is 1.17 bits per heavy atom. The number of nitrogens with zero attached hydrogens (tertiary/aromatic N) is 1. The van der Waals surface area contributed by atoms with Crippen molar-refractivity contribution in [3.63, 3.8) is 0 Å². The van der Waals surface area contributed by atoms with E-state index in [1.54, 1.807) is 0 Å². The van der Waals surface area contributed by atoms with E-state index in [2.05, 4.69) is 19.9 Å². The van der Waals surface area contributed by atoms with Gasteiger partial charge in [0.05, 0.1) is 12.2 Å². The van der Waals surface area contributed by atoms with Gasteiger partial charge in [-0.3, -0.25) is 4.79 Å². The van der Waals surface area contributed by atoms with Gasteiger partial charge in [0.15, 0.2) is 5.78 Å². The second-order valence-electron chi connectivity index (χ2n) is 9.65. The van der Waals surface area contributed by atoms with Crippen LogP contribution in [-0.4, -0.2) is 28.7 Å². The molecule has 0 aromatic heterocycles. The Kier molecular flexibility index (Phi) is 2.83. The van der Waals surface area contributed by atoms with Crippen LogP contribution >= 0.6 is 0 Å². The molecule has 1 heterocycles. The molecule has 0 aromatic carbocycles. The summed E-state index contributed by atoms with van der Waals surface area (Å²) in [6.07, 6.45) is 6.53. The average Bonchev–Trinajstić information content (AvgIpc) is 3.23. The zero-order valence-electron chi connectivity index (χ0n) is 14.6. The third kappa shape index (κ3) is 1.51. The summed E-state index contributed by atoms with van der Waals surface area (Å²) in [5.74, 6) is 1.29. The van der Waals surface area contributed by atoms with E-state index in [9.17, 15) is 15.2 Å². The number of epoxide rings is 1. The van der Waals surface area contributed by atoms with Crippen molar-refractivity contribution in [3.8, 4) is 6.07 Å². The summed E-state index contributed by atoms with van der Waals surface area (Å²) in [6, 6.07) is 2.25. The van der Waals surface area contributed by atoms with Crippen LogP contribution in [-0.2, 0) is 9.53 Å². The number of carbonyl (C=O) groups is 1. The van der Waals surface area contributed by atoms with Crippen LogP contribution in [0.1, 0.15) is 58.8 Å². The Morgan fingerprint density at radius 3 is 2.71 bits per heavy atom. The minimum atomic E-state index is -0.489. The molecule has 24 heavy (non-hydrogen) atoms. The Balaban J connectivity index is 1.53. The number of ether oxygens (including phenoxy) is 1. The molecule has 1 N–H and O–H groups in total. The SMILES string of the molecule is CC12CCC3C(CCC45OC4C(=O)C(C#N)CC35C)C1CCC2O. The van der Waals surface area contributed by atoms with Crippen molar-refractivity contribution in [2.75, 3.05) is 0 Å². The van der Waals surface area contributed by atoms with Crippen molar-refractivity contribution in [3.05, 3.63) is 0 Å². The number of aliphatic hydroxyl groups excluding tert-OH is 1. The summed E-state index contributed by atoms with van der Waals surface area (Å²) in [7, 11) is 0. The maximum Gasteiger partial charge on any atom is 0.181 e. The van der Waals surface area contributed by atoms with Crippen molar-refractivity contribution in [1.82, 2.24) is 0 Å². The first kappa shape index (κ1) is 15.3. The fourth-order valence-corrected chi connectivity index (χ4v) is 7.66. The van der Waals surface area contributed by atoms with Gasteiger partial charge >= 0.3 is 0 Å². The van der Waals surface area contributed by atoms with Gasteiger partial charge in [0.1, 0.15) is 17.6 Å². The quantitative estimate of drug-likeness (QED) is 0.694. The molecule has 1 aliphatic heterocycles. The first-order valence-corrected chi connectivity index (χ1v) is 9.67. The van der Waals surface area contributed by atoms with Crippen LogP contribution in [0.5, 0.6) is 0 Å². The maximum atomic E-state index is 12.4. The van der Waals surface area contributed by atoms with Gasteiger partial charge in [-0.25, -0.2) is 0 Å². The van der Waals surface area contributed by atoms with E-state index in [4.69, 9.17) is 4.74 Å². The van der Waals surface area contributed by atoms with Gasteiger partial charge in [0, 0.05) is 5.41 Å². The molecule has 1 spiro atoms. The molecule has 5 rings (SSSR count). The molecule has 4 aliphatic carbocycles. The predicted molar refractivity (Wildman–Crippen MR) is 86.7 cm³/mol. The molecule has 5 fully saturated rings. The van der Waals surface area contributed by atoms with Gasteiger partial charge < -0.3 is 9.84 Å². The standard InChI is InChI=1S/C20H27NO3/c1-18-7-6-14-12(13(18)3-4-15(18)22)5-8-20-17(24-20)16(23)11(10-21)9-19(14,20)2/h11-15,17,22H,3-9H2,1-2H3. The Labute approximate surface area is 143 Å². The Hall–Kier alpha value is -0.920. The number of hydrogen-bond acceptors (Lipinski definition) is 4. The van der Waals surface area contributed by atoms with Crippen molar-refractivity contribution in [2.45, 2.75) is 76.6 Å². The largest absolute Gasteiger partial charge is 0.393 e. The molecule has 9 unspecified atom stereocenters. The van der Waals surface area contributed by atoms with E-state index in [0.717, 1.165) is 38.5 Å². The van der Waals surface area contributed by atoms with Crippen LogP contribution in [0.15, 0.2) is 0 Å². The van der Waals surface area contributed by atoms with Gasteiger partial charge in [-0.2, -0.15) is 5.26 Å². The fourth-order valence-electron chi connectivity index (χ4n) is 7.66. The summed E-state index contributed by atoms with van der Waals surface area (Å²) in [6.45, 7) is 4.59. The average molecular weight is 329 g/mol. The van der Waals surface area contributed by atoms with Gasteiger partial charge in [-0.1, -0.05) is 13.8 Å². The fraction of sp³-hybridized carbons (Fsp3) is 0.900. The van der Waals surface area contributed by atoms with Crippen molar-refractivity contribution < 1.29 is 14.6 Å². The third-order valence-electron chi connectivity index (χ3n) is 9.10. The van der Waals surface area contributed by atoms with E-state index in [-0.39, 0.29) is 34.4 Å². The monoisotopic (exact) mass is 329 g/mol. The minimum absolute atomic E-state index is 0.0327. The summed E-state index contributed by atoms with van der Waals surface area (Å²) in [5.41, 5.74) is -0.252. The molecule has 4 heteroatoms. The van der Waals surface area contributed by atoms with E-state index in [1.807, 2.05) is 0 Å². The molecule has 0 aromatic rings. The molecule has 0 radical (unpaired) electrons. The number of rotatable bonds is 0. The lowest BCUT2D eigenvalue weighted by Gasteiger charge is -2.59. The zero-order chi connectivity index (χ0) is 16.9. The van der Waals surface area contributed by atoms with Crippen molar-refractivity contribution in [2.24, 2.45) is 34.5 Å². The lowest BCUT2D eigenvalue weighted by atomic mass is 9.44. The predicted octanol–water partition coefficient (Wildman–Crippen LogP) is 2.84. The van der Waals surface area contributed by atoms with Gasteiger partial charge in [0.2, 0.25) is 0 Å². The first-order chi connectivity index (χ1) is 11.4. The molecular formula is C20H27NO3. The van der Waals surface area contributed by atoms with Gasteiger partial charge in [0.25, 0.3) is 0 Å². The topological polar surface area (TPSA) is 73.6 Å². The molecule has 130 valence electrons. The lowest BCUT2D eigenvalue weighted by Crippen LogP contribution is -2.59. The number of Topliss-reactive ketones (excluding diaryl/α,β-unsaturated/α-hetero) is 1. The summed E-state index contributed by atoms with van der Waals surface area (Å²) < 4.78 is 6.07. The van der Waals surface area contributed by atoms with E-state index < -0.39 is 5.92 Å². The summed E-state index contributed by atoms with van der Waals surface area (Å²) >= 11 is 0. The highest BCUT2D eigenvalue weighted by Gasteiger charge is 2.78. The van der Waals surface area contributed by atoms with Crippen LogP contribution in [0.4, 0.5) is 0 Å². The summed E-state index contributed by atoms with van der Waals surface area (Å²) in [4.78, 5) is 12.4. The minimum Gasteiger partial charge on any atom is -0.393 e. The number of nitriles is 1. The number of carbonyl (C=O) groups excluding carboxylic acids is 1. The number of aliphatic hydroxyl groups is 1. The molecule has 1 saturated heterocycles.